The van der Waals surface area contributed by atoms with Crippen molar-refractivity contribution in [2.45, 2.75) is 37.3 Å². The number of nitrogens with one attached hydrogen (secondary N) is 2. The van der Waals surface area contributed by atoms with Gasteiger partial charge in [-0.3, -0.25) is 0 Å². The van der Waals surface area contributed by atoms with Gasteiger partial charge in [0.1, 0.15) is 17.1 Å². The summed E-state index contributed by atoms with van der Waals surface area (Å²) in [6, 6.07) is 13.6. The molecule has 234 valence electrons. The smallest absolute Gasteiger partial charge is 0.366 e. The molecule has 0 amide bonds. The Hall–Kier alpha value is -4.33. The van der Waals surface area contributed by atoms with Crippen molar-refractivity contribution in [1.82, 2.24) is 19.9 Å². The zero-order valence-corrected chi connectivity index (χ0v) is 24.2. The first-order chi connectivity index (χ1) is 21.4. The average Bonchev–Trinajstić information content (AvgIpc) is 3.60. The van der Waals surface area contributed by atoms with Crippen molar-refractivity contribution in [2.75, 3.05) is 46.6 Å². The molecule has 15 heteroatoms. The Kier molecular flexibility index (Phi) is 7.14. The van der Waals surface area contributed by atoms with E-state index in [4.69, 9.17) is 11.6 Å². The summed E-state index contributed by atoms with van der Waals surface area (Å²) in [6.45, 7) is 3.75. The van der Waals surface area contributed by atoms with Crippen molar-refractivity contribution < 1.29 is 26.3 Å². The Bertz CT molecular complexity index is 1760. The predicted molar refractivity (Wildman–Crippen MR) is 158 cm³/mol. The van der Waals surface area contributed by atoms with Gasteiger partial charge in [-0.15, -0.1) is 0 Å². The number of pyridine rings is 4. The van der Waals surface area contributed by atoms with E-state index < -0.39 is 23.7 Å². The summed E-state index contributed by atoms with van der Waals surface area (Å²) >= 11 is 6.26. The number of alkyl halides is 6. The Labute approximate surface area is 258 Å². The molecule has 4 aromatic heterocycles. The molecule has 4 aliphatic rings. The summed E-state index contributed by atoms with van der Waals surface area (Å²) in [7, 11) is 0. The number of hydrogen-bond donors (Lipinski definition) is 2. The van der Waals surface area contributed by atoms with Crippen LogP contribution in [0.2, 0.25) is 5.02 Å². The van der Waals surface area contributed by atoms with E-state index in [2.05, 4.69) is 40.4 Å². The molecule has 2 N–H and O–H groups in total. The molecule has 2 atom stereocenters. The molecule has 8 nitrogen and oxygen atoms in total. The highest BCUT2D eigenvalue weighted by molar-refractivity contribution is 6.33. The van der Waals surface area contributed by atoms with Crippen LogP contribution in [-0.2, 0) is 12.4 Å². The molecule has 4 aromatic rings. The largest absolute Gasteiger partial charge is 0.433 e. The number of halogens is 7. The molecule has 4 aliphatic heterocycles. The van der Waals surface area contributed by atoms with Gasteiger partial charge in [-0.1, -0.05) is 23.7 Å². The minimum atomic E-state index is -4.50. The summed E-state index contributed by atoms with van der Waals surface area (Å²) in [5.41, 5.74) is 1.08. The third-order valence-electron chi connectivity index (χ3n) is 8.15. The summed E-state index contributed by atoms with van der Waals surface area (Å²) in [6.07, 6.45) is -6.90. The summed E-state index contributed by atoms with van der Waals surface area (Å²) < 4.78 is 76.8. The lowest BCUT2D eigenvalue weighted by Gasteiger charge is -2.28. The maximum absolute atomic E-state index is 12.8. The molecular weight excluding hydrogens is 622 g/mol. The maximum Gasteiger partial charge on any atom is 0.433 e. The molecule has 8 rings (SSSR count). The van der Waals surface area contributed by atoms with E-state index in [0.29, 0.717) is 28.6 Å². The van der Waals surface area contributed by atoms with Gasteiger partial charge in [0.25, 0.3) is 0 Å². The van der Waals surface area contributed by atoms with Crippen molar-refractivity contribution in [2.24, 2.45) is 0 Å². The minimum absolute atomic E-state index is 0.113. The quantitative estimate of drug-likeness (QED) is 0.226. The first-order valence-electron chi connectivity index (χ1n) is 14.3. The highest BCUT2D eigenvalue weighted by Crippen LogP contribution is 2.40. The fourth-order valence-electron chi connectivity index (χ4n) is 6.00. The van der Waals surface area contributed by atoms with E-state index >= 15 is 0 Å². The Morgan fingerprint density at radius 3 is 1.80 bits per heavy atom. The van der Waals surface area contributed by atoms with Crippen LogP contribution in [0.15, 0.2) is 54.6 Å². The van der Waals surface area contributed by atoms with Gasteiger partial charge in [-0.05, 0) is 55.3 Å². The van der Waals surface area contributed by atoms with E-state index in [0.717, 1.165) is 68.3 Å². The minimum Gasteiger partial charge on any atom is -0.366 e. The van der Waals surface area contributed by atoms with E-state index in [1.807, 2.05) is 6.07 Å². The number of fused-ring (bicyclic) bond motifs is 8. The normalized spacial score (nSPS) is 19.6. The van der Waals surface area contributed by atoms with Gasteiger partial charge in [0.05, 0.1) is 33.5 Å². The fourth-order valence-corrected chi connectivity index (χ4v) is 6.24. The van der Waals surface area contributed by atoms with Crippen molar-refractivity contribution in [1.29, 1.82) is 0 Å². The third-order valence-corrected chi connectivity index (χ3v) is 8.44. The number of aromatic nitrogens is 4. The molecule has 8 heterocycles. The van der Waals surface area contributed by atoms with Gasteiger partial charge in [0, 0.05) is 38.3 Å². The summed E-state index contributed by atoms with van der Waals surface area (Å²) in [4.78, 5) is 20.7. The molecule has 0 saturated carbocycles. The first-order valence-corrected chi connectivity index (χ1v) is 14.6. The Morgan fingerprint density at radius 2 is 1.18 bits per heavy atom. The van der Waals surface area contributed by atoms with Crippen LogP contribution in [0.1, 0.15) is 24.2 Å². The molecule has 2 saturated heterocycles. The van der Waals surface area contributed by atoms with Crippen molar-refractivity contribution in [3.05, 3.63) is 71.0 Å². The lowest BCUT2D eigenvalue weighted by molar-refractivity contribution is -0.141. The highest BCUT2D eigenvalue weighted by Gasteiger charge is 2.35. The molecule has 0 aromatic carbocycles. The van der Waals surface area contributed by atoms with Crippen LogP contribution in [0, 0.1) is 0 Å². The van der Waals surface area contributed by atoms with Gasteiger partial charge in [-0.2, -0.15) is 26.3 Å². The average molecular weight is 647 g/mol. The Balaban J connectivity index is 0.000000145. The zero-order chi connectivity index (χ0) is 31.5. The molecule has 0 radical (unpaired) electrons. The first kappa shape index (κ1) is 29.4. The van der Waals surface area contributed by atoms with E-state index in [1.54, 1.807) is 18.2 Å². The van der Waals surface area contributed by atoms with E-state index in [9.17, 15) is 26.3 Å². The van der Waals surface area contributed by atoms with Crippen molar-refractivity contribution >= 4 is 34.6 Å². The van der Waals surface area contributed by atoms with Gasteiger partial charge in [0.15, 0.2) is 11.6 Å². The fraction of sp³-hybridized carbons (Fsp3) is 0.333. The second kappa shape index (κ2) is 10.9. The second-order valence-corrected chi connectivity index (χ2v) is 11.6. The van der Waals surface area contributed by atoms with Gasteiger partial charge >= 0.3 is 12.4 Å². The summed E-state index contributed by atoms with van der Waals surface area (Å²) in [5, 5.41) is 6.94. The predicted octanol–water partition coefficient (Wildman–Crippen LogP) is 6.99. The monoisotopic (exact) mass is 646 g/mol. The van der Waals surface area contributed by atoms with Gasteiger partial charge in [-0.25, -0.2) is 19.9 Å². The molecule has 0 spiro atoms. The highest BCUT2D eigenvalue weighted by atomic mass is 35.5. The maximum atomic E-state index is 12.8. The number of hydrogen-bond acceptors (Lipinski definition) is 8. The van der Waals surface area contributed by atoms with E-state index in [1.165, 1.54) is 18.2 Å². The molecule has 0 unspecified atom stereocenters. The molecule has 2 fully saturated rings. The Morgan fingerprint density at radius 1 is 0.644 bits per heavy atom. The van der Waals surface area contributed by atoms with Crippen LogP contribution in [-0.4, -0.2) is 58.2 Å². The van der Waals surface area contributed by atoms with Crippen LogP contribution in [0.25, 0.3) is 22.8 Å². The van der Waals surface area contributed by atoms with Crippen molar-refractivity contribution in [3.63, 3.8) is 0 Å². The number of nitrogens with zero attached hydrogens (tertiary/aromatic N) is 6. The van der Waals surface area contributed by atoms with Crippen molar-refractivity contribution in [3.8, 4) is 22.8 Å². The lowest BCUT2D eigenvalue weighted by Crippen LogP contribution is -2.32. The SMILES string of the molecule is FC(F)(F)c1cccc(-c2ccc3c(n2)N[C@H]2CCN3C2)n1.FC(F)(F)c1cccc(-c2nc3c(cc2Cl)N2CC[C@@H](C2)N3)n1. The van der Waals surface area contributed by atoms with Gasteiger partial charge in [0.2, 0.25) is 0 Å². The van der Waals surface area contributed by atoms with Crippen LogP contribution in [0.5, 0.6) is 0 Å². The van der Waals surface area contributed by atoms with Gasteiger partial charge < -0.3 is 20.4 Å². The molecule has 0 aliphatic carbocycles. The molecule has 4 bridgehead atoms. The molecule has 45 heavy (non-hydrogen) atoms. The van der Waals surface area contributed by atoms with Crippen LogP contribution < -0.4 is 20.4 Å². The summed E-state index contributed by atoms with van der Waals surface area (Å²) in [5.74, 6) is 1.38. The topological polar surface area (TPSA) is 82.1 Å². The van der Waals surface area contributed by atoms with Crippen LogP contribution >= 0.6 is 11.6 Å². The second-order valence-electron chi connectivity index (χ2n) is 11.2. The van der Waals surface area contributed by atoms with Crippen LogP contribution in [0.3, 0.4) is 0 Å². The third kappa shape index (κ3) is 5.78. The zero-order valence-electron chi connectivity index (χ0n) is 23.4. The lowest BCUT2D eigenvalue weighted by atomic mass is 10.2. The standard InChI is InChI=1S/C15H12ClF3N4.C15H13F3N4/c16-9-6-11-14(20-8-4-5-23(11)7-8)22-13(9)10-2-1-3-12(21-10)15(17,18)19;16-15(17,18)13-3-1-2-10(20-13)11-4-5-12-14(21-11)19-9-6-7-22(12)8-9/h1-3,6,8H,4-5,7H2,(H,20,22);1-5,9H,6-8H2,(H,19,21)/t8-;9-/m00/s1. The van der Waals surface area contributed by atoms with Crippen LogP contribution in [0.4, 0.5) is 49.4 Å². The number of rotatable bonds is 2. The van der Waals surface area contributed by atoms with E-state index in [-0.39, 0.29) is 17.1 Å². The number of anilines is 4. The molecular formula is C30H25ClF6N8.